The predicted octanol–water partition coefficient (Wildman–Crippen LogP) is 2.15. The zero-order valence-electron chi connectivity index (χ0n) is 11.0. The third-order valence-corrected chi connectivity index (χ3v) is 3.57. The Kier molecular flexibility index (Phi) is 4.62. The van der Waals surface area contributed by atoms with Crippen LogP contribution in [0.4, 0.5) is 0 Å². The average Bonchev–Trinajstić information content (AvgIpc) is 2.89. The van der Waals surface area contributed by atoms with Crippen molar-refractivity contribution in [3.63, 3.8) is 0 Å². The van der Waals surface area contributed by atoms with E-state index in [9.17, 15) is 9.59 Å². The molecule has 0 saturated carbocycles. The van der Waals surface area contributed by atoms with Crippen molar-refractivity contribution in [2.45, 2.75) is 38.0 Å². The monoisotopic (exact) mass is 297 g/mol. The van der Waals surface area contributed by atoms with Gasteiger partial charge in [-0.25, -0.2) is 4.79 Å². The first kappa shape index (κ1) is 14.8. The summed E-state index contributed by atoms with van der Waals surface area (Å²) in [5.74, 6) is -1.30. The Bertz CT molecular complexity index is 502. The third-order valence-electron chi connectivity index (χ3n) is 3.32. The molecule has 0 aromatic heterocycles. The third kappa shape index (κ3) is 3.49. The van der Waals surface area contributed by atoms with Crippen molar-refractivity contribution in [1.82, 2.24) is 5.32 Å². The van der Waals surface area contributed by atoms with E-state index in [2.05, 4.69) is 5.32 Å². The second-order valence-corrected chi connectivity index (χ2v) is 5.25. The lowest BCUT2D eigenvalue weighted by Gasteiger charge is -2.17. The van der Waals surface area contributed by atoms with Gasteiger partial charge in [-0.05, 0) is 37.5 Å². The maximum atomic E-state index is 12.0. The number of nitrogens with one attached hydrogen (secondary N) is 1. The molecule has 1 aromatic rings. The Morgan fingerprint density at radius 3 is 2.45 bits per heavy atom. The van der Waals surface area contributed by atoms with Crippen LogP contribution in [0.3, 0.4) is 0 Å². The fourth-order valence-electron chi connectivity index (χ4n) is 2.15. The summed E-state index contributed by atoms with van der Waals surface area (Å²) < 4.78 is 5.21. The van der Waals surface area contributed by atoms with Crippen molar-refractivity contribution in [2.75, 3.05) is 0 Å². The zero-order valence-corrected chi connectivity index (χ0v) is 11.8. The topological polar surface area (TPSA) is 75.6 Å². The van der Waals surface area contributed by atoms with Gasteiger partial charge in [0.05, 0.1) is 6.04 Å². The van der Waals surface area contributed by atoms with E-state index in [1.165, 1.54) is 0 Å². The van der Waals surface area contributed by atoms with Crippen LogP contribution in [0.15, 0.2) is 24.3 Å². The lowest BCUT2D eigenvalue weighted by molar-refractivity contribution is -0.151. The Balaban J connectivity index is 1.91. The number of ether oxygens (including phenoxy) is 1. The number of hydrogen-bond acceptors (Lipinski definition) is 3. The minimum absolute atomic E-state index is 0.188. The van der Waals surface area contributed by atoms with E-state index in [1.54, 1.807) is 12.1 Å². The number of rotatable bonds is 4. The summed E-state index contributed by atoms with van der Waals surface area (Å²) in [5, 5.41) is 12.3. The van der Waals surface area contributed by atoms with E-state index in [4.69, 9.17) is 21.4 Å². The number of aliphatic carboxylic acids is 1. The Morgan fingerprint density at radius 2 is 1.90 bits per heavy atom. The molecule has 2 N–H and O–H groups in total. The molecule has 0 spiro atoms. The molecule has 1 amide bonds. The fraction of sp³-hybridized carbons (Fsp3) is 0.429. The molecular formula is C14H16ClNO4. The highest BCUT2D eigenvalue weighted by Crippen LogP contribution is 2.22. The van der Waals surface area contributed by atoms with Gasteiger partial charge in [0.25, 0.3) is 0 Å². The molecule has 0 radical (unpaired) electrons. The first-order valence-corrected chi connectivity index (χ1v) is 6.79. The van der Waals surface area contributed by atoms with Gasteiger partial charge in [0.1, 0.15) is 6.10 Å². The number of amides is 1. The SMILES string of the molecule is C[C@@H](NC(=O)[C@@H]1CC[C@H](C(=O)O)O1)c1ccc(Cl)cc1. The van der Waals surface area contributed by atoms with E-state index >= 15 is 0 Å². The molecule has 1 saturated heterocycles. The number of carbonyl (C=O) groups is 2. The van der Waals surface area contributed by atoms with Gasteiger partial charge in [-0.1, -0.05) is 23.7 Å². The van der Waals surface area contributed by atoms with Gasteiger partial charge in [0.2, 0.25) is 5.91 Å². The summed E-state index contributed by atoms with van der Waals surface area (Å²) in [6.07, 6.45) is -0.777. The van der Waals surface area contributed by atoms with E-state index < -0.39 is 18.2 Å². The lowest BCUT2D eigenvalue weighted by atomic mass is 10.1. The van der Waals surface area contributed by atoms with Crippen LogP contribution in [0.25, 0.3) is 0 Å². The van der Waals surface area contributed by atoms with Crippen molar-refractivity contribution < 1.29 is 19.4 Å². The molecule has 3 atom stereocenters. The molecule has 0 unspecified atom stereocenters. The van der Waals surface area contributed by atoms with Crippen LogP contribution >= 0.6 is 11.6 Å². The van der Waals surface area contributed by atoms with Crippen molar-refractivity contribution in [2.24, 2.45) is 0 Å². The first-order valence-electron chi connectivity index (χ1n) is 6.41. The summed E-state index contributed by atoms with van der Waals surface area (Å²) in [7, 11) is 0. The van der Waals surface area contributed by atoms with Crippen LogP contribution < -0.4 is 5.32 Å². The molecular weight excluding hydrogens is 282 g/mol. The van der Waals surface area contributed by atoms with Crippen LogP contribution in [0, 0.1) is 0 Å². The van der Waals surface area contributed by atoms with Crippen molar-refractivity contribution in [1.29, 1.82) is 0 Å². The van der Waals surface area contributed by atoms with Crippen LogP contribution in [-0.2, 0) is 14.3 Å². The van der Waals surface area contributed by atoms with Crippen LogP contribution in [0.1, 0.15) is 31.4 Å². The minimum atomic E-state index is -1.02. The fourth-order valence-corrected chi connectivity index (χ4v) is 2.28. The molecule has 5 nitrogen and oxygen atoms in total. The van der Waals surface area contributed by atoms with Gasteiger partial charge < -0.3 is 15.2 Å². The molecule has 20 heavy (non-hydrogen) atoms. The van der Waals surface area contributed by atoms with Crippen molar-refractivity contribution >= 4 is 23.5 Å². The van der Waals surface area contributed by atoms with E-state index in [0.717, 1.165) is 5.56 Å². The second kappa shape index (κ2) is 6.24. The van der Waals surface area contributed by atoms with E-state index in [-0.39, 0.29) is 11.9 Å². The number of hydrogen-bond donors (Lipinski definition) is 2. The zero-order chi connectivity index (χ0) is 14.7. The van der Waals surface area contributed by atoms with Gasteiger partial charge in [0, 0.05) is 5.02 Å². The Morgan fingerprint density at radius 1 is 1.30 bits per heavy atom. The normalized spacial score (nSPS) is 23.3. The molecule has 108 valence electrons. The lowest BCUT2D eigenvalue weighted by Crippen LogP contribution is -2.37. The molecule has 2 rings (SSSR count). The number of halogens is 1. The number of carbonyl (C=O) groups excluding carboxylic acids is 1. The van der Waals surface area contributed by atoms with Crippen LogP contribution in [0.5, 0.6) is 0 Å². The van der Waals surface area contributed by atoms with Gasteiger partial charge >= 0.3 is 5.97 Å². The quantitative estimate of drug-likeness (QED) is 0.893. The molecule has 1 aliphatic heterocycles. The highest BCUT2D eigenvalue weighted by molar-refractivity contribution is 6.30. The maximum Gasteiger partial charge on any atom is 0.332 e. The van der Waals surface area contributed by atoms with Gasteiger partial charge in [-0.15, -0.1) is 0 Å². The largest absolute Gasteiger partial charge is 0.479 e. The van der Waals surface area contributed by atoms with Gasteiger partial charge in [-0.2, -0.15) is 0 Å². The standard InChI is InChI=1S/C14H16ClNO4/c1-8(9-2-4-10(15)5-3-9)16-13(17)11-6-7-12(20-11)14(18)19/h2-5,8,11-12H,6-7H2,1H3,(H,16,17)(H,18,19)/t8-,11+,12-/m1/s1. The number of benzene rings is 1. The van der Waals surface area contributed by atoms with Gasteiger partial charge in [-0.3, -0.25) is 4.79 Å². The van der Waals surface area contributed by atoms with Gasteiger partial charge in [0.15, 0.2) is 6.10 Å². The maximum absolute atomic E-state index is 12.0. The molecule has 1 aromatic carbocycles. The summed E-state index contributed by atoms with van der Waals surface area (Å²) in [6.45, 7) is 1.85. The van der Waals surface area contributed by atoms with Crippen molar-refractivity contribution in [3.05, 3.63) is 34.9 Å². The molecule has 1 heterocycles. The average molecular weight is 298 g/mol. The number of carboxylic acids is 1. The van der Waals surface area contributed by atoms with Crippen molar-refractivity contribution in [3.8, 4) is 0 Å². The summed E-state index contributed by atoms with van der Waals surface area (Å²) >= 11 is 5.81. The smallest absolute Gasteiger partial charge is 0.332 e. The highest BCUT2D eigenvalue weighted by atomic mass is 35.5. The van der Waals surface area contributed by atoms with Crippen LogP contribution in [-0.4, -0.2) is 29.2 Å². The molecule has 6 heteroatoms. The minimum Gasteiger partial charge on any atom is -0.479 e. The highest BCUT2D eigenvalue weighted by Gasteiger charge is 2.35. The first-order chi connectivity index (χ1) is 9.47. The number of carboxylic acid groups (broad SMARTS) is 1. The summed E-state index contributed by atoms with van der Waals surface area (Å²) in [6, 6.07) is 7.00. The molecule has 1 aliphatic rings. The predicted molar refractivity (Wildman–Crippen MR) is 73.5 cm³/mol. The van der Waals surface area contributed by atoms with E-state index in [1.807, 2.05) is 19.1 Å². The summed E-state index contributed by atoms with van der Waals surface area (Å²) in [5.41, 5.74) is 0.926. The summed E-state index contributed by atoms with van der Waals surface area (Å²) in [4.78, 5) is 22.8. The van der Waals surface area contributed by atoms with Crippen LogP contribution in [0.2, 0.25) is 5.02 Å². The van der Waals surface area contributed by atoms with E-state index in [0.29, 0.717) is 17.9 Å². The second-order valence-electron chi connectivity index (χ2n) is 4.81. The molecule has 0 aliphatic carbocycles. The Labute approximate surface area is 121 Å². The Hall–Kier alpha value is -1.59. The molecule has 0 bridgehead atoms. The molecule has 1 fully saturated rings.